The van der Waals surface area contributed by atoms with Crippen molar-refractivity contribution in [3.63, 3.8) is 0 Å². The van der Waals surface area contributed by atoms with Gasteiger partial charge in [0.05, 0.1) is 5.25 Å². The van der Waals surface area contributed by atoms with E-state index in [2.05, 4.69) is 20.2 Å². The second-order valence-electron chi connectivity index (χ2n) is 4.12. The molecule has 0 fully saturated rings. The molecular weight excluding hydrogens is 262 g/mol. The number of nitrogens with zero attached hydrogens (tertiary/aromatic N) is 3. The van der Waals surface area contributed by atoms with Gasteiger partial charge in [0.2, 0.25) is 11.1 Å². The molecule has 0 saturated heterocycles. The minimum absolute atomic E-state index is 0.386. The van der Waals surface area contributed by atoms with Crippen LogP contribution in [0.2, 0.25) is 0 Å². The molecule has 0 aliphatic carbocycles. The van der Waals surface area contributed by atoms with Crippen molar-refractivity contribution in [3.8, 4) is 0 Å². The summed E-state index contributed by atoms with van der Waals surface area (Å²) in [6, 6.07) is 7.80. The largest absolute Gasteiger partial charge is 0.369 e. The number of hydrogen-bond acceptors (Lipinski definition) is 5. The van der Waals surface area contributed by atoms with E-state index >= 15 is 0 Å². The summed E-state index contributed by atoms with van der Waals surface area (Å²) >= 11 is 1.20. The van der Waals surface area contributed by atoms with Gasteiger partial charge in [0.1, 0.15) is 5.52 Å². The molecule has 0 spiro atoms. The number of carbonyl (C=O) groups is 1. The fraction of sp³-hybridized carbons (Fsp3) is 0.167. The summed E-state index contributed by atoms with van der Waals surface area (Å²) in [5.41, 5.74) is 7.57. The van der Waals surface area contributed by atoms with Gasteiger partial charge in [0, 0.05) is 10.9 Å². The molecule has 3 rings (SSSR count). The van der Waals surface area contributed by atoms with E-state index in [4.69, 9.17) is 5.73 Å². The molecule has 1 amide bonds. The van der Waals surface area contributed by atoms with Gasteiger partial charge in [-0.1, -0.05) is 30.0 Å². The average Bonchev–Trinajstić information content (AvgIpc) is 2.76. The van der Waals surface area contributed by atoms with E-state index in [1.54, 1.807) is 6.92 Å². The number of carbonyl (C=O) groups excluding carboxylic acids is 1. The first-order valence-electron chi connectivity index (χ1n) is 5.72. The number of nitrogens with two attached hydrogens (primary N) is 1. The van der Waals surface area contributed by atoms with E-state index in [1.807, 2.05) is 24.3 Å². The topological polar surface area (TPSA) is 97.6 Å². The van der Waals surface area contributed by atoms with Crippen molar-refractivity contribution in [3.05, 3.63) is 24.3 Å². The lowest BCUT2D eigenvalue weighted by atomic mass is 10.2. The van der Waals surface area contributed by atoms with Crippen LogP contribution < -0.4 is 5.73 Å². The number of amides is 1. The molecule has 0 aliphatic heterocycles. The summed E-state index contributed by atoms with van der Waals surface area (Å²) in [6.07, 6.45) is 0. The molecule has 2 aromatic heterocycles. The fourth-order valence-corrected chi connectivity index (χ4v) is 2.44. The van der Waals surface area contributed by atoms with Crippen molar-refractivity contribution in [1.29, 1.82) is 0 Å². The van der Waals surface area contributed by atoms with Crippen LogP contribution in [0, 0.1) is 0 Å². The minimum Gasteiger partial charge on any atom is -0.369 e. The highest BCUT2D eigenvalue weighted by Crippen LogP contribution is 2.24. The molecule has 3 aromatic rings. The van der Waals surface area contributed by atoms with Crippen LogP contribution in [0.15, 0.2) is 29.4 Å². The molecule has 7 heteroatoms. The fourth-order valence-electron chi connectivity index (χ4n) is 1.77. The number of nitrogens with one attached hydrogen (secondary N) is 1. The SMILES string of the molecule is C[C@@H](Sc1nnc2c(n1)[nH]c1ccccc12)C(N)=O. The van der Waals surface area contributed by atoms with Crippen molar-refractivity contribution in [2.24, 2.45) is 5.73 Å². The summed E-state index contributed by atoms with van der Waals surface area (Å²) in [5.74, 6) is -0.398. The quantitative estimate of drug-likeness (QED) is 0.704. The summed E-state index contributed by atoms with van der Waals surface area (Å²) in [4.78, 5) is 18.6. The van der Waals surface area contributed by atoms with Crippen LogP contribution >= 0.6 is 11.8 Å². The van der Waals surface area contributed by atoms with Crippen LogP contribution in [-0.2, 0) is 4.79 Å². The van der Waals surface area contributed by atoms with Gasteiger partial charge in [-0.25, -0.2) is 4.98 Å². The third-order valence-corrected chi connectivity index (χ3v) is 3.76. The lowest BCUT2D eigenvalue weighted by Crippen LogP contribution is -2.22. The van der Waals surface area contributed by atoms with Crippen molar-refractivity contribution >= 4 is 39.7 Å². The Hall–Kier alpha value is -2.15. The summed E-state index contributed by atoms with van der Waals surface area (Å²) < 4.78 is 0. The van der Waals surface area contributed by atoms with Crippen LogP contribution in [0.25, 0.3) is 22.1 Å². The van der Waals surface area contributed by atoms with Gasteiger partial charge in [-0.3, -0.25) is 4.79 Å². The molecule has 19 heavy (non-hydrogen) atoms. The molecule has 0 saturated carbocycles. The molecule has 1 aromatic carbocycles. The molecule has 2 heterocycles. The first-order chi connectivity index (χ1) is 9.15. The third-order valence-electron chi connectivity index (χ3n) is 2.79. The number of para-hydroxylation sites is 1. The van der Waals surface area contributed by atoms with Crippen molar-refractivity contribution in [2.75, 3.05) is 0 Å². The lowest BCUT2D eigenvalue weighted by molar-refractivity contribution is -0.117. The maximum atomic E-state index is 11.0. The highest BCUT2D eigenvalue weighted by molar-refractivity contribution is 8.00. The van der Waals surface area contributed by atoms with E-state index in [9.17, 15) is 4.79 Å². The lowest BCUT2D eigenvalue weighted by Gasteiger charge is -2.03. The molecule has 6 nitrogen and oxygen atoms in total. The first kappa shape index (κ1) is 11.9. The predicted octanol–water partition coefficient (Wildman–Crippen LogP) is 1.47. The highest BCUT2D eigenvalue weighted by Gasteiger charge is 2.14. The Morgan fingerprint density at radius 1 is 1.37 bits per heavy atom. The predicted molar refractivity (Wildman–Crippen MR) is 73.7 cm³/mol. The normalized spacial score (nSPS) is 12.9. The number of primary amides is 1. The van der Waals surface area contributed by atoms with E-state index in [1.165, 1.54) is 11.8 Å². The van der Waals surface area contributed by atoms with Gasteiger partial charge < -0.3 is 10.7 Å². The van der Waals surface area contributed by atoms with E-state index in [-0.39, 0.29) is 5.25 Å². The molecular formula is C12H11N5OS. The van der Waals surface area contributed by atoms with Crippen molar-refractivity contribution in [2.45, 2.75) is 17.3 Å². The monoisotopic (exact) mass is 273 g/mol. The Kier molecular flexibility index (Phi) is 2.83. The zero-order chi connectivity index (χ0) is 13.4. The van der Waals surface area contributed by atoms with E-state index in [0.717, 1.165) is 16.4 Å². The van der Waals surface area contributed by atoms with Gasteiger partial charge in [0.25, 0.3) is 0 Å². The maximum Gasteiger partial charge on any atom is 0.230 e. The second kappa shape index (κ2) is 4.51. The number of aromatic nitrogens is 4. The zero-order valence-corrected chi connectivity index (χ0v) is 10.9. The van der Waals surface area contributed by atoms with Crippen LogP contribution in [0.4, 0.5) is 0 Å². The number of H-pyrrole nitrogens is 1. The second-order valence-corrected chi connectivity index (χ2v) is 5.43. The number of fused-ring (bicyclic) bond motifs is 3. The van der Waals surface area contributed by atoms with Gasteiger partial charge in [0.15, 0.2) is 5.65 Å². The smallest absolute Gasteiger partial charge is 0.230 e. The molecule has 0 bridgehead atoms. The van der Waals surface area contributed by atoms with Gasteiger partial charge in [-0.05, 0) is 13.0 Å². The maximum absolute atomic E-state index is 11.0. The average molecular weight is 273 g/mol. The molecule has 1 atom stereocenters. The van der Waals surface area contributed by atoms with Gasteiger partial charge in [-0.2, -0.15) is 0 Å². The molecule has 0 unspecified atom stereocenters. The van der Waals surface area contributed by atoms with E-state index in [0.29, 0.717) is 10.8 Å². The van der Waals surface area contributed by atoms with Crippen LogP contribution in [0.1, 0.15) is 6.92 Å². The molecule has 0 aliphatic rings. The van der Waals surface area contributed by atoms with Gasteiger partial charge >= 0.3 is 0 Å². The third kappa shape index (κ3) is 2.12. The Bertz CT molecular complexity index is 769. The first-order valence-corrected chi connectivity index (χ1v) is 6.60. The minimum atomic E-state index is -0.398. The van der Waals surface area contributed by atoms with Crippen LogP contribution in [-0.4, -0.2) is 31.3 Å². The molecule has 3 N–H and O–H groups in total. The number of thioether (sulfide) groups is 1. The van der Waals surface area contributed by atoms with Crippen molar-refractivity contribution < 1.29 is 4.79 Å². The van der Waals surface area contributed by atoms with E-state index < -0.39 is 5.91 Å². The summed E-state index contributed by atoms with van der Waals surface area (Å²) in [6.45, 7) is 1.71. The molecule has 0 radical (unpaired) electrons. The Morgan fingerprint density at radius 3 is 2.95 bits per heavy atom. The number of rotatable bonds is 3. The summed E-state index contributed by atoms with van der Waals surface area (Å²) in [7, 11) is 0. The Morgan fingerprint density at radius 2 is 2.16 bits per heavy atom. The van der Waals surface area contributed by atoms with Gasteiger partial charge in [-0.15, -0.1) is 10.2 Å². The number of aromatic amines is 1. The van der Waals surface area contributed by atoms with Crippen LogP contribution in [0.3, 0.4) is 0 Å². The standard InChI is InChI=1S/C12H11N5OS/c1-6(10(13)18)19-12-15-11-9(16-17-12)7-4-2-3-5-8(7)14-11/h2-6H,1H3,(H2,13,18)(H,14,15,17)/t6-/m1/s1. The summed E-state index contributed by atoms with van der Waals surface area (Å²) in [5, 5.41) is 9.22. The zero-order valence-electron chi connectivity index (χ0n) is 10.1. The number of hydrogen-bond donors (Lipinski definition) is 2. The van der Waals surface area contributed by atoms with Crippen molar-refractivity contribution in [1.82, 2.24) is 20.2 Å². The Labute approximate surface area is 112 Å². The Balaban J connectivity index is 2.06. The molecule has 96 valence electrons. The highest BCUT2D eigenvalue weighted by atomic mass is 32.2. The number of benzene rings is 1. The van der Waals surface area contributed by atoms with Crippen LogP contribution in [0.5, 0.6) is 0 Å².